The first-order valence-electron chi connectivity index (χ1n) is 4.74. The van der Waals surface area contributed by atoms with E-state index in [0.29, 0.717) is 0 Å². The molecule has 2 atom stereocenters. The molecular formula is C10H12ClFN2O2. The first-order chi connectivity index (χ1) is 7.57. The molecule has 1 aromatic heterocycles. The Hall–Kier alpha value is -1.20. The van der Waals surface area contributed by atoms with E-state index in [9.17, 15) is 9.18 Å². The lowest BCUT2D eigenvalue weighted by Crippen LogP contribution is -2.31. The SMILES string of the molecule is CCOC(=O)C(F)[C@H](N)c1cccnc1Cl. The van der Waals surface area contributed by atoms with E-state index in [4.69, 9.17) is 17.3 Å². The van der Waals surface area contributed by atoms with Gasteiger partial charge in [-0.25, -0.2) is 14.2 Å². The minimum absolute atomic E-state index is 0.0851. The van der Waals surface area contributed by atoms with Gasteiger partial charge in [-0.2, -0.15) is 0 Å². The topological polar surface area (TPSA) is 65.2 Å². The maximum Gasteiger partial charge on any atom is 0.342 e. The third-order valence-corrected chi connectivity index (χ3v) is 2.29. The van der Waals surface area contributed by atoms with Crippen molar-refractivity contribution in [1.29, 1.82) is 0 Å². The number of halogens is 2. The summed E-state index contributed by atoms with van der Waals surface area (Å²) in [7, 11) is 0. The lowest BCUT2D eigenvalue weighted by molar-refractivity contribution is -0.149. The van der Waals surface area contributed by atoms with Crippen molar-refractivity contribution in [2.24, 2.45) is 5.73 Å². The highest BCUT2D eigenvalue weighted by atomic mass is 35.5. The second-order valence-corrected chi connectivity index (χ2v) is 3.42. The van der Waals surface area contributed by atoms with E-state index in [1.54, 1.807) is 13.0 Å². The van der Waals surface area contributed by atoms with Gasteiger partial charge in [0.25, 0.3) is 0 Å². The normalized spacial score (nSPS) is 14.2. The number of aromatic nitrogens is 1. The van der Waals surface area contributed by atoms with Crippen LogP contribution >= 0.6 is 11.6 Å². The van der Waals surface area contributed by atoms with Crippen LogP contribution in [0, 0.1) is 0 Å². The lowest BCUT2D eigenvalue weighted by Gasteiger charge is -2.16. The van der Waals surface area contributed by atoms with Crippen LogP contribution in [0.1, 0.15) is 18.5 Å². The number of carbonyl (C=O) groups excluding carboxylic acids is 1. The number of nitrogens with two attached hydrogens (primary N) is 1. The summed E-state index contributed by atoms with van der Waals surface area (Å²) in [6.45, 7) is 1.69. The minimum atomic E-state index is -1.94. The summed E-state index contributed by atoms with van der Waals surface area (Å²) >= 11 is 5.74. The fraction of sp³-hybridized carbons (Fsp3) is 0.400. The van der Waals surface area contributed by atoms with Crippen molar-refractivity contribution in [3.05, 3.63) is 29.0 Å². The van der Waals surface area contributed by atoms with Crippen LogP contribution in [-0.4, -0.2) is 23.7 Å². The van der Waals surface area contributed by atoms with Crippen LogP contribution in [0.15, 0.2) is 18.3 Å². The maximum absolute atomic E-state index is 13.6. The zero-order chi connectivity index (χ0) is 12.1. The highest BCUT2D eigenvalue weighted by Crippen LogP contribution is 2.23. The van der Waals surface area contributed by atoms with Gasteiger partial charge < -0.3 is 10.5 Å². The van der Waals surface area contributed by atoms with Crippen LogP contribution in [0.5, 0.6) is 0 Å². The van der Waals surface area contributed by atoms with Gasteiger partial charge in [0.05, 0.1) is 12.6 Å². The molecule has 88 valence electrons. The van der Waals surface area contributed by atoms with Crippen molar-refractivity contribution < 1.29 is 13.9 Å². The van der Waals surface area contributed by atoms with Crippen LogP contribution in [0.4, 0.5) is 4.39 Å². The van der Waals surface area contributed by atoms with Crippen molar-refractivity contribution in [3.63, 3.8) is 0 Å². The molecule has 4 nitrogen and oxygen atoms in total. The standard InChI is InChI=1S/C10H12ClFN2O2/c1-2-16-10(15)7(12)8(13)6-4-3-5-14-9(6)11/h3-5,7-8H,2,13H2,1H3/t7?,8-/m1/s1. The zero-order valence-corrected chi connectivity index (χ0v) is 9.45. The average Bonchev–Trinajstić information content (AvgIpc) is 2.28. The second-order valence-electron chi connectivity index (χ2n) is 3.06. The number of hydrogen-bond acceptors (Lipinski definition) is 4. The number of nitrogens with zero attached hydrogens (tertiary/aromatic N) is 1. The van der Waals surface area contributed by atoms with Gasteiger partial charge in [0, 0.05) is 11.8 Å². The van der Waals surface area contributed by atoms with Crippen molar-refractivity contribution in [3.8, 4) is 0 Å². The molecule has 0 amide bonds. The molecule has 0 radical (unpaired) electrons. The van der Waals surface area contributed by atoms with Crippen molar-refractivity contribution >= 4 is 17.6 Å². The number of alkyl halides is 1. The van der Waals surface area contributed by atoms with E-state index in [-0.39, 0.29) is 17.3 Å². The quantitative estimate of drug-likeness (QED) is 0.648. The molecule has 1 rings (SSSR count). The van der Waals surface area contributed by atoms with Crippen LogP contribution in [0.25, 0.3) is 0 Å². The predicted molar refractivity (Wildman–Crippen MR) is 57.7 cm³/mol. The van der Waals surface area contributed by atoms with Gasteiger partial charge in [-0.1, -0.05) is 17.7 Å². The summed E-state index contributed by atoms with van der Waals surface area (Å²) < 4.78 is 18.1. The Kier molecular flexibility index (Phi) is 4.64. The van der Waals surface area contributed by atoms with E-state index in [1.807, 2.05) is 0 Å². The summed E-state index contributed by atoms with van der Waals surface area (Å²) in [4.78, 5) is 14.9. The summed E-state index contributed by atoms with van der Waals surface area (Å²) in [6.07, 6.45) is -0.488. The minimum Gasteiger partial charge on any atom is -0.464 e. The number of rotatable bonds is 4. The molecule has 0 aromatic carbocycles. The van der Waals surface area contributed by atoms with E-state index >= 15 is 0 Å². The average molecular weight is 247 g/mol. The predicted octanol–water partition coefficient (Wildman–Crippen LogP) is 1.64. The molecule has 1 unspecified atom stereocenters. The van der Waals surface area contributed by atoms with Gasteiger partial charge >= 0.3 is 5.97 Å². The molecule has 6 heteroatoms. The molecule has 0 saturated carbocycles. The summed E-state index contributed by atoms with van der Waals surface area (Å²) in [5.41, 5.74) is 5.85. The summed E-state index contributed by atoms with van der Waals surface area (Å²) in [6, 6.07) is 1.92. The van der Waals surface area contributed by atoms with Gasteiger partial charge in [0.15, 0.2) is 0 Å². The third kappa shape index (κ3) is 2.90. The Bertz CT molecular complexity index is 376. The van der Waals surface area contributed by atoms with E-state index in [0.717, 1.165) is 0 Å². The summed E-state index contributed by atoms with van der Waals surface area (Å²) in [5.74, 6) is -0.991. The smallest absolute Gasteiger partial charge is 0.342 e. The molecule has 0 aliphatic carbocycles. The highest BCUT2D eigenvalue weighted by molar-refractivity contribution is 6.30. The van der Waals surface area contributed by atoms with Crippen molar-refractivity contribution in [2.45, 2.75) is 19.1 Å². The van der Waals surface area contributed by atoms with Crippen LogP contribution < -0.4 is 5.73 Å². The molecule has 0 spiro atoms. The van der Waals surface area contributed by atoms with Crippen molar-refractivity contribution in [2.75, 3.05) is 6.61 Å². The molecule has 2 N–H and O–H groups in total. The Morgan fingerprint density at radius 1 is 1.75 bits per heavy atom. The third-order valence-electron chi connectivity index (χ3n) is 1.97. The molecular weight excluding hydrogens is 235 g/mol. The molecule has 0 bridgehead atoms. The molecule has 0 saturated heterocycles. The maximum atomic E-state index is 13.6. The van der Waals surface area contributed by atoms with Gasteiger partial charge in [-0.3, -0.25) is 0 Å². The van der Waals surface area contributed by atoms with E-state index < -0.39 is 18.2 Å². The number of esters is 1. The fourth-order valence-corrected chi connectivity index (χ4v) is 1.42. The van der Waals surface area contributed by atoms with Crippen LogP contribution in [-0.2, 0) is 9.53 Å². The van der Waals surface area contributed by atoms with E-state index in [1.165, 1.54) is 12.3 Å². The van der Waals surface area contributed by atoms with Gasteiger partial charge in [0.1, 0.15) is 5.15 Å². The Labute approximate surface area is 97.6 Å². The fourth-order valence-electron chi connectivity index (χ4n) is 1.17. The van der Waals surface area contributed by atoms with Crippen LogP contribution in [0.2, 0.25) is 5.15 Å². The number of ether oxygens (including phenoxy) is 1. The molecule has 0 aliphatic heterocycles. The Morgan fingerprint density at radius 3 is 3.00 bits per heavy atom. The molecule has 16 heavy (non-hydrogen) atoms. The number of carbonyl (C=O) groups is 1. The molecule has 0 aliphatic rings. The van der Waals surface area contributed by atoms with Crippen LogP contribution in [0.3, 0.4) is 0 Å². The first kappa shape index (κ1) is 12.9. The Morgan fingerprint density at radius 2 is 2.44 bits per heavy atom. The lowest BCUT2D eigenvalue weighted by atomic mass is 10.1. The van der Waals surface area contributed by atoms with Gasteiger partial charge in [-0.05, 0) is 13.0 Å². The highest BCUT2D eigenvalue weighted by Gasteiger charge is 2.29. The van der Waals surface area contributed by atoms with Gasteiger partial charge in [0.2, 0.25) is 6.17 Å². The zero-order valence-electron chi connectivity index (χ0n) is 8.69. The largest absolute Gasteiger partial charge is 0.464 e. The second kappa shape index (κ2) is 5.77. The number of hydrogen-bond donors (Lipinski definition) is 1. The van der Waals surface area contributed by atoms with E-state index in [2.05, 4.69) is 9.72 Å². The monoisotopic (exact) mass is 246 g/mol. The Balaban J connectivity index is 2.82. The summed E-state index contributed by atoms with van der Waals surface area (Å²) in [5, 5.41) is 0.0851. The molecule has 0 fully saturated rings. The molecule has 1 heterocycles. The van der Waals surface area contributed by atoms with Crippen molar-refractivity contribution in [1.82, 2.24) is 4.98 Å². The van der Waals surface area contributed by atoms with Gasteiger partial charge in [-0.15, -0.1) is 0 Å². The number of pyridine rings is 1. The molecule has 1 aromatic rings. The first-order valence-corrected chi connectivity index (χ1v) is 5.12.